The summed E-state index contributed by atoms with van der Waals surface area (Å²) in [5, 5.41) is 15.8. The average Bonchev–Trinajstić information content (AvgIpc) is 2.94. The lowest BCUT2D eigenvalue weighted by Crippen LogP contribution is -2.32. The molecule has 0 aliphatic carbocycles. The van der Waals surface area contributed by atoms with Crippen LogP contribution in [0.2, 0.25) is 0 Å². The molecular weight excluding hydrogens is 319 g/mol. The first-order valence-electron chi connectivity index (χ1n) is 6.11. The fourth-order valence-corrected chi connectivity index (χ4v) is 1.63. The molecule has 2 heterocycles. The van der Waals surface area contributed by atoms with Gasteiger partial charge in [0.15, 0.2) is 11.5 Å². The molecule has 0 spiro atoms. The van der Waals surface area contributed by atoms with E-state index >= 15 is 0 Å². The van der Waals surface area contributed by atoms with E-state index in [0.29, 0.717) is 6.20 Å². The summed E-state index contributed by atoms with van der Waals surface area (Å²) in [4.78, 5) is 27.0. The first kappa shape index (κ1) is 16.4. The number of hydrogen-bond donors (Lipinski definition) is 1. The van der Waals surface area contributed by atoms with Crippen LogP contribution in [0.3, 0.4) is 0 Å². The second-order valence-corrected chi connectivity index (χ2v) is 4.51. The Balaban J connectivity index is 2.19. The highest BCUT2D eigenvalue weighted by atomic mass is 19.4. The molecule has 0 unspecified atom stereocenters. The quantitative estimate of drug-likeness (QED) is 0.892. The first-order valence-corrected chi connectivity index (χ1v) is 6.11. The van der Waals surface area contributed by atoms with Gasteiger partial charge in [-0.1, -0.05) is 5.21 Å². The normalized spacial score (nSPS) is 11.3. The van der Waals surface area contributed by atoms with E-state index in [9.17, 15) is 22.8 Å². The minimum atomic E-state index is -4.51. The number of carboxylic acids is 1. The molecule has 23 heavy (non-hydrogen) atoms. The monoisotopic (exact) mass is 329 g/mol. The Hall–Kier alpha value is -2.98. The van der Waals surface area contributed by atoms with Crippen LogP contribution in [-0.2, 0) is 11.0 Å². The number of carboxylic acid groups (broad SMARTS) is 1. The van der Waals surface area contributed by atoms with Gasteiger partial charge in [0.1, 0.15) is 6.54 Å². The van der Waals surface area contributed by atoms with Crippen molar-refractivity contribution in [2.24, 2.45) is 0 Å². The lowest BCUT2D eigenvalue weighted by molar-refractivity contribution is -0.138. The first-order chi connectivity index (χ1) is 10.7. The summed E-state index contributed by atoms with van der Waals surface area (Å²) < 4.78 is 38.4. The van der Waals surface area contributed by atoms with Gasteiger partial charge in [-0.15, -0.1) is 5.10 Å². The van der Waals surface area contributed by atoms with Crippen LogP contribution in [0.25, 0.3) is 5.82 Å². The number of carbonyl (C=O) groups is 2. The van der Waals surface area contributed by atoms with E-state index in [2.05, 4.69) is 15.3 Å². The molecular formula is C12H10F3N5O3. The predicted molar refractivity (Wildman–Crippen MR) is 68.8 cm³/mol. The number of aromatic nitrogens is 4. The van der Waals surface area contributed by atoms with Crippen LogP contribution < -0.4 is 0 Å². The Morgan fingerprint density at radius 3 is 2.57 bits per heavy atom. The molecule has 0 atom stereocenters. The van der Waals surface area contributed by atoms with Gasteiger partial charge in [0.25, 0.3) is 5.91 Å². The Labute approximate surface area is 127 Å². The smallest absolute Gasteiger partial charge is 0.417 e. The minimum absolute atomic E-state index is 0.0328. The van der Waals surface area contributed by atoms with Gasteiger partial charge in [-0.3, -0.25) is 9.59 Å². The van der Waals surface area contributed by atoms with Crippen molar-refractivity contribution in [3.8, 4) is 5.82 Å². The fraction of sp³-hybridized carbons (Fsp3) is 0.250. The third-order valence-electron chi connectivity index (χ3n) is 2.74. The van der Waals surface area contributed by atoms with Gasteiger partial charge in [0, 0.05) is 13.2 Å². The molecule has 0 bridgehead atoms. The number of hydrogen-bond acceptors (Lipinski definition) is 5. The highest BCUT2D eigenvalue weighted by molar-refractivity contribution is 5.93. The average molecular weight is 329 g/mol. The highest BCUT2D eigenvalue weighted by Gasteiger charge is 2.30. The van der Waals surface area contributed by atoms with Crippen molar-refractivity contribution >= 4 is 11.9 Å². The molecule has 0 radical (unpaired) electrons. The maximum absolute atomic E-state index is 12.5. The van der Waals surface area contributed by atoms with Crippen molar-refractivity contribution in [3.05, 3.63) is 35.8 Å². The SMILES string of the molecule is CN(CC(=O)O)C(=O)c1cn(-c2ccc(C(F)(F)F)cn2)nn1. The zero-order valence-electron chi connectivity index (χ0n) is 11.7. The number of amides is 1. The maximum Gasteiger partial charge on any atom is 0.417 e. The molecule has 0 aliphatic heterocycles. The lowest BCUT2D eigenvalue weighted by atomic mass is 10.3. The summed E-state index contributed by atoms with van der Waals surface area (Å²) in [5.41, 5.74) is -1.07. The number of rotatable bonds is 4. The summed E-state index contributed by atoms with van der Waals surface area (Å²) in [6, 6.07) is 1.90. The highest BCUT2D eigenvalue weighted by Crippen LogP contribution is 2.28. The molecule has 0 saturated heterocycles. The van der Waals surface area contributed by atoms with E-state index < -0.39 is 30.2 Å². The molecule has 122 valence electrons. The van der Waals surface area contributed by atoms with Crippen molar-refractivity contribution in [1.29, 1.82) is 0 Å². The summed E-state index contributed by atoms with van der Waals surface area (Å²) in [5.74, 6) is -1.85. The van der Waals surface area contributed by atoms with Gasteiger partial charge in [0.2, 0.25) is 0 Å². The van der Waals surface area contributed by atoms with Gasteiger partial charge in [-0.05, 0) is 12.1 Å². The lowest BCUT2D eigenvalue weighted by Gasteiger charge is -2.11. The molecule has 8 nitrogen and oxygen atoms in total. The Morgan fingerprint density at radius 2 is 2.04 bits per heavy atom. The molecule has 2 aromatic heterocycles. The van der Waals surface area contributed by atoms with E-state index in [1.54, 1.807) is 0 Å². The molecule has 1 N–H and O–H groups in total. The molecule has 0 saturated carbocycles. The number of halogens is 3. The topological polar surface area (TPSA) is 101 Å². The van der Waals surface area contributed by atoms with Crippen molar-refractivity contribution in [2.45, 2.75) is 6.18 Å². The summed E-state index contributed by atoms with van der Waals surface area (Å²) in [6.45, 7) is -0.524. The molecule has 1 amide bonds. The number of alkyl halides is 3. The molecule has 2 rings (SSSR count). The number of likely N-dealkylation sites (N-methyl/N-ethyl adjacent to an activating group) is 1. The number of aliphatic carboxylic acids is 1. The van der Waals surface area contributed by atoms with Crippen molar-refractivity contribution in [1.82, 2.24) is 24.9 Å². The van der Waals surface area contributed by atoms with Gasteiger partial charge in [0.05, 0.1) is 11.8 Å². The number of nitrogens with zero attached hydrogens (tertiary/aromatic N) is 5. The molecule has 11 heteroatoms. The van der Waals surface area contributed by atoms with E-state index in [-0.39, 0.29) is 11.5 Å². The van der Waals surface area contributed by atoms with Crippen LogP contribution in [-0.4, -0.2) is 55.5 Å². The van der Waals surface area contributed by atoms with E-state index in [0.717, 1.165) is 27.9 Å². The van der Waals surface area contributed by atoms with Crippen LogP contribution in [0.1, 0.15) is 16.1 Å². The van der Waals surface area contributed by atoms with Crippen LogP contribution in [0, 0.1) is 0 Å². The van der Waals surface area contributed by atoms with Gasteiger partial charge >= 0.3 is 12.1 Å². The van der Waals surface area contributed by atoms with Gasteiger partial charge in [-0.25, -0.2) is 9.67 Å². The zero-order valence-corrected chi connectivity index (χ0v) is 11.7. The predicted octanol–water partition coefficient (Wildman–Crippen LogP) is 0.838. The molecule has 0 aliphatic rings. The third-order valence-corrected chi connectivity index (χ3v) is 2.74. The van der Waals surface area contributed by atoms with Crippen LogP contribution >= 0.6 is 0 Å². The van der Waals surface area contributed by atoms with Crippen LogP contribution in [0.4, 0.5) is 13.2 Å². The Kier molecular flexibility index (Phi) is 4.29. The molecule has 0 fully saturated rings. The van der Waals surface area contributed by atoms with E-state index in [1.807, 2.05) is 0 Å². The minimum Gasteiger partial charge on any atom is -0.480 e. The summed E-state index contributed by atoms with van der Waals surface area (Å²) in [7, 11) is 1.27. The third kappa shape index (κ3) is 3.81. The van der Waals surface area contributed by atoms with Gasteiger partial charge < -0.3 is 10.0 Å². The van der Waals surface area contributed by atoms with Crippen molar-refractivity contribution in [2.75, 3.05) is 13.6 Å². The fourth-order valence-electron chi connectivity index (χ4n) is 1.63. The zero-order chi connectivity index (χ0) is 17.2. The van der Waals surface area contributed by atoms with Crippen molar-refractivity contribution in [3.63, 3.8) is 0 Å². The number of pyridine rings is 1. The number of carbonyl (C=O) groups excluding carboxylic acids is 1. The van der Waals surface area contributed by atoms with E-state index in [4.69, 9.17) is 5.11 Å². The van der Waals surface area contributed by atoms with Crippen molar-refractivity contribution < 1.29 is 27.9 Å². The van der Waals surface area contributed by atoms with E-state index in [1.165, 1.54) is 7.05 Å². The maximum atomic E-state index is 12.5. The molecule has 2 aromatic rings. The van der Waals surface area contributed by atoms with Gasteiger partial charge in [-0.2, -0.15) is 13.2 Å². The molecule has 0 aromatic carbocycles. The second-order valence-electron chi connectivity index (χ2n) is 4.51. The summed E-state index contributed by atoms with van der Waals surface area (Å²) >= 11 is 0. The second kappa shape index (κ2) is 6.02. The Morgan fingerprint density at radius 1 is 1.35 bits per heavy atom. The summed E-state index contributed by atoms with van der Waals surface area (Å²) in [6.07, 6.45) is -2.72. The Bertz CT molecular complexity index is 726. The van der Waals surface area contributed by atoms with Crippen LogP contribution in [0.5, 0.6) is 0 Å². The van der Waals surface area contributed by atoms with Crippen LogP contribution in [0.15, 0.2) is 24.5 Å². The largest absolute Gasteiger partial charge is 0.480 e. The standard InChI is InChI=1S/C12H10F3N5O3/c1-19(6-10(21)22)11(23)8-5-20(18-17-8)9-3-2-7(4-16-9)12(13,14)15/h2-5H,6H2,1H3,(H,21,22).